The largest absolute Gasteiger partial charge is 0.342 e. The first-order valence-electron chi connectivity index (χ1n) is 10.7. The zero-order valence-corrected chi connectivity index (χ0v) is 22.0. The predicted molar refractivity (Wildman–Crippen MR) is 138 cm³/mol. The van der Waals surface area contributed by atoms with Crippen LogP contribution >= 0.6 is 35.0 Å². The number of benzene rings is 2. The van der Waals surface area contributed by atoms with E-state index in [0.717, 1.165) is 16.8 Å². The van der Waals surface area contributed by atoms with Gasteiger partial charge in [-0.1, -0.05) is 60.9 Å². The first-order valence-corrected chi connectivity index (χ1v) is 12.5. The molecule has 3 aromatic rings. The minimum atomic E-state index is -0.408. The first-order chi connectivity index (χ1) is 16.1. The molecule has 0 radical (unpaired) electrons. The third-order valence-electron chi connectivity index (χ3n) is 5.49. The predicted octanol–water partition coefficient (Wildman–Crippen LogP) is 5.60. The normalized spacial score (nSPS) is 12.0. The number of carbonyl (C=O) groups excluding carboxylic acids is 2. The van der Waals surface area contributed by atoms with Gasteiger partial charge in [-0.2, -0.15) is 0 Å². The van der Waals surface area contributed by atoms with E-state index < -0.39 is 6.04 Å². The fourth-order valence-electron chi connectivity index (χ4n) is 3.35. The molecule has 2 amide bonds. The number of halogens is 2. The summed E-state index contributed by atoms with van der Waals surface area (Å²) in [6, 6.07) is 10.1. The van der Waals surface area contributed by atoms with E-state index in [1.165, 1.54) is 17.8 Å². The topological polar surface area (TPSA) is 88.9 Å². The third-order valence-corrected chi connectivity index (χ3v) is 7.05. The number of nitrogens with one attached hydrogen (secondary N) is 2. The van der Waals surface area contributed by atoms with Crippen molar-refractivity contribution in [1.29, 1.82) is 0 Å². The van der Waals surface area contributed by atoms with E-state index >= 15 is 0 Å². The first kappa shape index (κ1) is 26.1. The van der Waals surface area contributed by atoms with Crippen LogP contribution in [0, 0.1) is 19.8 Å². The van der Waals surface area contributed by atoms with Gasteiger partial charge in [-0.15, -0.1) is 10.2 Å². The smallest absolute Gasteiger partial charge is 0.253 e. The molecule has 2 N–H and O–H groups in total. The van der Waals surface area contributed by atoms with Gasteiger partial charge in [-0.25, -0.2) is 0 Å². The molecule has 0 spiro atoms. The number of anilines is 1. The monoisotopic (exact) mass is 519 g/mol. The van der Waals surface area contributed by atoms with Crippen LogP contribution < -0.4 is 10.6 Å². The highest BCUT2D eigenvalue weighted by Crippen LogP contribution is 2.27. The second-order valence-corrected chi connectivity index (χ2v) is 10.1. The van der Waals surface area contributed by atoms with Crippen molar-refractivity contribution < 1.29 is 9.59 Å². The summed E-state index contributed by atoms with van der Waals surface area (Å²) in [7, 11) is 1.82. The van der Waals surface area contributed by atoms with Crippen molar-refractivity contribution in [2.45, 2.75) is 38.9 Å². The summed E-state index contributed by atoms with van der Waals surface area (Å²) in [5, 5.41) is 15.8. The van der Waals surface area contributed by atoms with Gasteiger partial charge in [0.2, 0.25) is 5.91 Å². The van der Waals surface area contributed by atoms with Crippen molar-refractivity contribution in [3.63, 3.8) is 0 Å². The Morgan fingerprint density at radius 2 is 1.85 bits per heavy atom. The van der Waals surface area contributed by atoms with E-state index in [1.54, 1.807) is 16.7 Å². The van der Waals surface area contributed by atoms with Crippen LogP contribution in [0.15, 0.2) is 41.6 Å². The Kier molecular flexibility index (Phi) is 8.62. The highest BCUT2D eigenvalue weighted by atomic mass is 35.5. The van der Waals surface area contributed by atoms with Gasteiger partial charge in [-0.05, 0) is 55.2 Å². The quantitative estimate of drug-likeness (QED) is 0.378. The Labute approximate surface area is 213 Å². The number of hydrogen-bond donors (Lipinski definition) is 2. The van der Waals surface area contributed by atoms with Crippen LogP contribution in [-0.4, -0.2) is 32.3 Å². The number of carbonyl (C=O) groups is 2. The van der Waals surface area contributed by atoms with E-state index in [4.69, 9.17) is 23.2 Å². The van der Waals surface area contributed by atoms with Crippen LogP contribution in [-0.2, 0) is 11.8 Å². The maximum atomic E-state index is 12.9. The summed E-state index contributed by atoms with van der Waals surface area (Å²) in [5.41, 5.74) is 3.28. The van der Waals surface area contributed by atoms with Crippen molar-refractivity contribution >= 4 is 52.5 Å². The zero-order chi connectivity index (χ0) is 25.0. The molecule has 2 aromatic carbocycles. The van der Waals surface area contributed by atoms with E-state index in [0.29, 0.717) is 21.6 Å². The Bertz CT molecular complexity index is 1210. The van der Waals surface area contributed by atoms with E-state index in [-0.39, 0.29) is 28.5 Å². The summed E-state index contributed by atoms with van der Waals surface area (Å²) in [4.78, 5) is 25.4. The number of thioether (sulfide) groups is 1. The van der Waals surface area contributed by atoms with Crippen LogP contribution in [0.3, 0.4) is 0 Å². The summed E-state index contributed by atoms with van der Waals surface area (Å²) in [5.74, 6) is 0.340. The number of aromatic nitrogens is 3. The van der Waals surface area contributed by atoms with Crippen molar-refractivity contribution in [2.75, 3.05) is 11.1 Å². The van der Waals surface area contributed by atoms with Gasteiger partial charge in [0, 0.05) is 17.8 Å². The summed E-state index contributed by atoms with van der Waals surface area (Å²) >= 11 is 13.4. The SMILES string of the molecule is Cc1cccc(NC(=O)CSc2nnc([C@H](NC(=O)c3ccc(Cl)cc3Cl)C(C)C)n2C)c1C. The molecule has 7 nitrogen and oxygen atoms in total. The Morgan fingerprint density at radius 3 is 2.53 bits per heavy atom. The minimum Gasteiger partial charge on any atom is -0.342 e. The zero-order valence-electron chi connectivity index (χ0n) is 19.6. The molecule has 0 fully saturated rings. The van der Waals surface area contributed by atoms with Gasteiger partial charge in [0.15, 0.2) is 11.0 Å². The summed E-state index contributed by atoms with van der Waals surface area (Å²) < 4.78 is 1.80. The van der Waals surface area contributed by atoms with Gasteiger partial charge in [0.25, 0.3) is 5.91 Å². The fraction of sp³-hybridized carbons (Fsp3) is 0.333. The maximum Gasteiger partial charge on any atom is 0.253 e. The molecule has 3 rings (SSSR count). The van der Waals surface area contributed by atoms with Gasteiger partial charge >= 0.3 is 0 Å². The van der Waals surface area contributed by atoms with Gasteiger partial charge in [0.1, 0.15) is 0 Å². The molecule has 10 heteroatoms. The lowest BCUT2D eigenvalue weighted by molar-refractivity contribution is -0.113. The molecule has 180 valence electrons. The molecule has 0 aliphatic carbocycles. The highest BCUT2D eigenvalue weighted by Gasteiger charge is 2.26. The average molecular weight is 520 g/mol. The maximum absolute atomic E-state index is 12.9. The molecule has 34 heavy (non-hydrogen) atoms. The molecular weight excluding hydrogens is 493 g/mol. The van der Waals surface area contributed by atoms with Gasteiger partial charge in [0.05, 0.1) is 22.4 Å². The van der Waals surface area contributed by atoms with Crippen molar-refractivity contribution in [2.24, 2.45) is 13.0 Å². The average Bonchev–Trinajstić information content (AvgIpc) is 3.13. The number of rotatable bonds is 8. The Hall–Kier alpha value is -2.55. The molecular formula is C24H27Cl2N5O2S. The Morgan fingerprint density at radius 1 is 1.12 bits per heavy atom. The van der Waals surface area contributed by atoms with E-state index in [9.17, 15) is 9.59 Å². The van der Waals surface area contributed by atoms with E-state index in [1.807, 2.05) is 52.9 Å². The lowest BCUT2D eigenvalue weighted by Crippen LogP contribution is -2.33. The summed E-state index contributed by atoms with van der Waals surface area (Å²) in [6.07, 6.45) is 0. The second-order valence-electron chi connectivity index (χ2n) is 8.30. The van der Waals surface area contributed by atoms with Gasteiger partial charge in [-0.3, -0.25) is 9.59 Å². The van der Waals surface area contributed by atoms with Crippen LogP contribution in [0.4, 0.5) is 5.69 Å². The lowest BCUT2D eigenvalue weighted by Gasteiger charge is -2.22. The standard InChI is InChI=1S/C24H27Cl2N5O2S/c1-13(2)21(28-23(33)17-10-9-16(25)11-18(17)26)22-29-30-24(31(22)5)34-12-20(32)27-19-8-6-7-14(3)15(19)4/h6-11,13,21H,12H2,1-5H3,(H,27,32)(H,28,33)/t21-/m1/s1. The third kappa shape index (κ3) is 6.11. The molecule has 1 atom stereocenters. The molecule has 0 saturated heterocycles. The Balaban J connectivity index is 1.69. The second kappa shape index (κ2) is 11.3. The van der Waals surface area contributed by atoms with Crippen molar-refractivity contribution in [1.82, 2.24) is 20.1 Å². The number of hydrogen-bond acceptors (Lipinski definition) is 5. The summed E-state index contributed by atoms with van der Waals surface area (Å²) in [6.45, 7) is 7.94. The van der Waals surface area contributed by atoms with Crippen LogP contribution in [0.25, 0.3) is 0 Å². The molecule has 0 aliphatic heterocycles. The molecule has 0 saturated carbocycles. The molecule has 0 bridgehead atoms. The van der Waals surface area contributed by atoms with Crippen LogP contribution in [0.2, 0.25) is 10.0 Å². The number of aryl methyl sites for hydroxylation is 1. The molecule has 0 aliphatic rings. The molecule has 1 aromatic heterocycles. The fourth-order valence-corrected chi connectivity index (χ4v) is 4.56. The van der Waals surface area contributed by atoms with Crippen LogP contribution in [0.5, 0.6) is 0 Å². The van der Waals surface area contributed by atoms with Crippen molar-refractivity contribution in [3.05, 3.63) is 69.0 Å². The van der Waals surface area contributed by atoms with E-state index in [2.05, 4.69) is 20.8 Å². The van der Waals surface area contributed by atoms with Gasteiger partial charge < -0.3 is 15.2 Å². The molecule has 0 unspecified atom stereocenters. The molecule has 1 heterocycles. The minimum absolute atomic E-state index is 0.0309. The van der Waals surface area contributed by atoms with Crippen molar-refractivity contribution in [3.8, 4) is 0 Å². The highest BCUT2D eigenvalue weighted by molar-refractivity contribution is 7.99. The van der Waals surface area contributed by atoms with Crippen LogP contribution in [0.1, 0.15) is 47.2 Å². The number of amides is 2. The lowest BCUT2D eigenvalue weighted by atomic mass is 10.0. The number of nitrogens with zero attached hydrogens (tertiary/aromatic N) is 3.